The molecule has 2 heterocycles. The molecule has 2 aliphatic heterocycles. The summed E-state index contributed by atoms with van der Waals surface area (Å²) in [6.07, 6.45) is 2.40. The highest BCUT2D eigenvalue weighted by atomic mass is 19.1. The molecule has 2 saturated heterocycles. The number of rotatable bonds is 5. The molecule has 2 fully saturated rings. The molecule has 1 amide bonds. The molecule has 3 rings (SSSR count). The van der Waals surface area contributed by atoms with E-state index in [0.717, 1.165) is 44.2 Å². The van der Waals surface area contributed by atoms with E-state index in [1.165, 1.54) is 18.6 Å². The molecular formula is C20H33FN5O3+. The maximum atomic E-state index is 14.6. The largest absolute Gasteiger partial charge is 0.505 e. The van der Waals surface area contributed by atoms with Crippen LogP contribution in [0.2, 0.25) is 0 Å². The quantitative estimate of drug-likeness (QED) is 0.727. The van der Waals surface area contributed by atoms with Crippen molar-refractivity contribution in [1.29, 1.82) is 0 Å². The zero-order valence-corrected chi connectivity index (χ0v) is 17.8. The topological polar surface area (TPSA) is 79.1 Å². The van der Waals surface area contributed by atoms with Gasteiger partial charge in [-0.05, 0) is 24.9 Å². The van der Waals surface area contributed by atoms with Gasteiger partial charge in [0, 0.05) is 37.9 Å². The molecule has 8 nitrogen and oxygen atoms in total. The second kappa shape index (κ2) is 10.4. The van der Waals surface area contributed by atoms with Gasteiger partial charge < -0.3 is 10.0 Å². The van der Waals surface area contributed by atoms with Crippen molar-refractivity contribution < 1.29 is 19.3 Å². The molecule has 0 spiro atoms. The van der Waals surface area contributed by atoms with Gasteiger partial charge in [-0.15, -0.1) is 0 Å². The van der Waals surface area contributed by atoms with E-state index in [4.69, 9.17) is 0 Å². The standard InChI is InChI=1S/C17H24FN5O3.C3H8/c1-12(2)3-4-20-5-7-21(8-6-20)13-9-14(18)17(15(24)10-13)22-11-16(25)19-23(22)26;1-3-2/h9-10,12H,3-8,11H2,1-2H3,(H-,19,24,25,26);3H2,1-2H3/p+1. The van der Waals surface area contributed by atoms with Crippen molar-refractivity contribution in [2.75, 3.05) is 49.2 Å². The number of phenolic OH excluding ortho intramolecular Hbond substituents is 1. The molecule has 0 atom stereocenters. The minimum atomic E-state index is -0.736. The minimum absolute atomic E-state index is 0.133. The summed E-state index contributed by atoms with van der Waals surface area (Å²) in [5.74, 6) is -0.987. The van der Waals surface area contributed by atoms with Crippen LogP contribution in [-0.2, 0) is 4.79 Å². The SMILES string of the molecule is CC(C)CCN1CCN(c2cc(O)c(N3CC(=O)N[N+]3=O)c(F)c2)CC1.CCC. The second-order valence-corrected chi connectivity index (χ2v) is 7.88. The van der Waals surface area contributed by atoms with Crippen LogP contribution in [0.25, 0.3) is 0 Å². The Morgan fingerprint density at radius 1 is 1.21 bits per heavy atom. The van der Waals surface area contributed by atoms with E-state index in [-0.39, 0.29) is 23.0 Å². The maximum absolute atomic E-state index is 14.6. The molecule has 0 unspecified atom stereocenters. The highest BCUT2D eigenvalue weighted by molar-refractivity contribution is 5.82. The summed E-state index contributed by atoms with van der Waals surface area (Å²) in [4.78, 5) is 27.5. The van der Waals surface area contributed by atoms with Gasteiger partial charge in [0.2, 0.25) is 0 Å². The van der Waals surface area contributed by atoms with Gasteiger partial charge in [0.15, 0.2) is 18.0 Å². The maximum Gasteiger partial charge on any atom is 0.307 e. The number of carbonyl (C=O) groups is 1. The van der Waals surface area contributed by atoms with E-state index in [1.807, 2.05) is 10.3 Å². The number of piperazine rings is 1. The number of anilines is 2. The summed E-state index contributed by atoms with van der Waals surface area (Å²) < 4.78 is 14.6. The van der Waals surface area contributed by atoms with Crippen LogP contribution in [0, 0.1) is 16.6 Å². The number of benzene rings is 1. The Labute approximate surface area is 171 Å². The summed E-state index contributed by atoms with van der Waals surface area (Å²) in [6, 6.07) is 2.74. The highest BCUT2D eigenvalue weighted by Gasteiger charge is 2.40. The molecule has 9 heteroatoms. The average Bonchev–Trinajstić information content (AvgIpc) is 2.98. The van der Waals surface area contributed by atoms with Gasteiger partial charge in [0.05, 0.1) is 4.91 Å². The fraction of sp³-hybridized carbons (Fsp3) is 0.650. The zero-order chi connectivity index (χ0) is 21.6. The summed E-state index contributed by atoms with van der Waals surface area (Å²) in [7, 11) is 0. The molecule has 0 aliphatic carbocycles. The molecule has 2 N–H and O–H groups in total. The second-order valence-electron chi connectivity index (χ2n) is 7.88. The van der Waals surface area contributed by atoms with E-state index in [0.29, 0.717) is 11.6 Å². The fourth-order valence-corrected chi connectivity index (χ4v) is 3.25. The zero-order valence-electron chi connectivity index (χ0n) is 17.8. The Balaban J connectivity index is 0.000000941. The highest BCUT2D eigenvalue weighted by Crippen LogP contribution is 2.35. The van der Waals surface area contributed by atoms with Gasteiger partial charge in [0.25, 0.3) is 4.98 Å². The fourth-order valence-electron chi connectivity index (χ4n) is 3.25. The third-order valence-electron chi connectivity index (χ3n) is 4.78. The van der Waals surface area contributed by atoms with Crippen LogP contribution >= 0.6 is 0 Å². The van der Waals surface area contributed by atoms with Crippen molar-refractivity contribution in [3.8, 4) is 5.75 Å². The van der Waals surface area contributed by atoms with Crippen LogP contribution in [0.1, 0.15) is 40.5 Å². The predicted molar refractivity (Wildman–Crippen MR) is 111 cm³/mol. The number of hydrogen-bond acceptors (Lipinski definition) is 5. The molecule has 0 saturated carbocycles. The summed E-state index contributed by atoms with van der Waals surface area (Å²) in [6.45, 7) is 12.6. The lowest BCUT2D eigenvalue weighted by molar-refractivity contribution is -0.591. The summed E-state index contributed by atoms with van der Waals surface area (Å²) >= 11 is 0. The third kappa shape index (κ3) is 6.03. The first-order valence-electron chi connectivity index (χ1n) is 10.3. The molecule has 1 aromatic rings. The first-order chi connectivity index (χ1) is 13.8. The molecule has 0 bridgehead atoms. The lowest BCUT2D eigenvalue weighted by Crippen LogP contribution is -2.46. The monoisotopic (exact) mass is 410 g/mol. The normalized spacial score (nSPS) is 17.4. The van der Waals surface area contributed by atoms with Crippen molar-refractivity contribution in [1.82, 2.24) is 10.3 Å². The average molecular weight is 411 g/mol. The number of halogens is 1. The first kappa shape index (κ1) is 22.9. The Morgan fingerprint density at radius 2 is 1.83 bits per heavy atom. The number of aromatic hydroxyl groups is 1. The van der Waals surface area contributed by atoms with Crippen LogP contribution in [-0.4, -0.2) is 60.2 Å². The summed E-state index contributed by atoms with van der Waals surface area (Å²) in [5.41, 5.74) is 2.27. The van der Waals surface area contributed by atoms with E-state index in [2.05, 4.69) is 32.6 Å². The Morgan fingerprint density at radius 3 is 2.31 bits per heavy atom. The third-order valence-corrected chi connectivity index (χ3v) is 4.78. The molecule has 2 aliphatic rings. The predicted octanol–water partition coefficient (Wildman–Crippen LogP) is 2.66. The smallest absolute Gasteiger partial charge is 0.307 e. The number of phenols is 1. The molecular weight excluding hydrogens is 377 g/mol. The van der Waals surface area contributed by atoms with Crippen molar-refractivity contribution in [2.24, 2.45) is 5.92 Å². The summed E-state index contributed by atoms with van der Waals surface area (Å²) in [5, 5.41) is 11.1. The van der Waals surface area contributed by atoms with Crippen LogP contribution in [0.5, 0.6) is 5.75 Å². The lowest BCUT2D eigenvalue weighted by Gasteiger charge is -2.36. The first-order valence-corrected chi connectivity index (χ1v) is 10.3. The Bertz CT molecular complexity index is 697. The van der Waals surface area contributed by atoms with Crippen LogP contribution in [0.4, 0.5) is 15.8 Å². The van der Waals surface area contributed by atoms with Gasteiger partial charge in [-0.3, -0.25) is 9.69 Å². The van der Waals surface area contributed by atoms with Crippen molar-refractivity contribution in [3.05, 3.63) is 22.9 Å². The van der Waals surface area contributed by atoms with Gasteiger partial charge >= 0.3 is 5.91 Å². The van der Waals surface area contributed by atoms with Gasteiger partial charge in [-0.25, -0.2) is 4.39 Å². The van der Waals surface area contributed by atoms with Crippen LogP contribution < -0.4 is 15.3 Å². The number of nitrogens with one attached hydrogen (secondary N) is 1. The van der Waals surface area contributed by atoms with Crippen molar-refractivity contribution >= 4 is 17.3 Å². The number of hydrogen-bond donors (Lipinski definition) is 2. The minimum Gasteiger partial charge on any atom is -0.505 e. The lowest BCUT2D eigenvalue weighted by atomic mass is 10.1. The number of carbonyl (C=O) groups excluding carboxylic acids is 1. The van der Waals surface area contributed by atoms with Crippen LogP contribution in [0.15, 0.2) is 12.1 Å². The van der Waals surface area contributed by atoms with Gasteiger partial charge in [-0.1, -0.05) is 44.6 Å². The molecule has 29 heavy (non-hydrogen) atoms. The van der Waals surface area contributed by atoms with E-state index in [9.17, 15) is 19.2 Å². The molecule has 0 radical (unpaired) electrons. The van der Waals surface area contributed by atoms with Gasteiger partial charge in [-0.2, -0.15) is 0 Å². The Kier molecular flexibility index (Phi) is 8.19. The van der Waals surface area contributed by atoms with E-state index in [1.54, 1.807) is 0 Å². The van der Waals surface area contributed by atoms with E-state index < -0.39 is 11.7 Å². The van der Waals surface area contributed by atoms with Crippen molar-refractivity contribution in [3.63, 3.8) is 0 Å². The number of nitroso groups, excluding NO2 is 1. The molecule has 0 aromatic heterocycles. The number of hydrazine groups is 2. The Hall–Kier alpha value is -2.42. The molecule has 1 aromatic carbocycles. The van der Waals surface area contributed by atoms with Gasteiger partial charge in [0.1, 0.15) is 5.75 Å². The number of amides is 1. The molecule has 162 valence electrons. The van der Waals surface area contributed by atoms with Crippen molar-refractivity contribution in [2.45, 2.75) is 40.5 Å². The van der Waals surface area contributed by atoms with Crippen LogP contribution in [0.3, 0.4) is 0 Å². The number of nitrogens with zero attached hydrogens (tertiary/aromatic N) is 4. The van der Waals surface area contributed by atoms with E-state index >= 15 is 0 Å².